The molecule has 2 aromatic rings. The average molecular weight is 442 g/mol. The van der Waals surface area contributed by atoms with Crippen LogP contribution in [0.3, 0.4) is 0 Å². The third-order valence-corrected chi connectivity index (χ3v) is 7.02. The quantitative estimate of drug-likeness (QED) is 0.717. The summed E-state index contributed by atoms with van der Waals surface area (Å²) in [6.07, 6.45) is 2.82. The molecule has 2 amide bonds. The van der Waals surface area contributed by atoms with Crippen molar-refractivity contribution in [3.63, 3.8) is 0 Å². The SMILES string of the molecule is CCOC(=O)C1CCN(C(=O)C2CCc3sc(NC(=O)c4ccc(C)cc4)nc32)CC1. The van der Waals surface area contributed by atoms with E-state index in [-0.39, 0.29) is 29.6 Å². The Morgan fingerprint density at radius 1 is 1.16 bits per heavy atom. The minimum Gasteiger partial charge on any atom is -0.466 e. The molecular weight excluding hydrogens is 414 g/mol. The van der Waals surface area contributed by atoms with E-state index in [9.17, 15) is 14.4 Å². The lowest BCUT2D eigenvalue weighted by Gasteiger charge is -2.32. The second kappa shape index (κ2) is 9.18. The van der Waals surface area contributed by atoms with Crippen LogP contribution in [0.25, 0.3) is 0 Å². The zero-order valence-electron chi connectivity index (χ0n) is 17.8. The van der Waals surface area contributed by atoms with Crippen molar-refractivity contribution in [1.82, 2.24) is 9.88 Å². The van der Waals surface area contributed by atoms with Gasteiger partial charge in [0.25, 0.3) is 5.91 Å². The summed E-state index contributed by atoms with van der Waals surface area (Å²) in [5.41, 5.74) is 2.47. The summed E-state index contributed by atoms with van der Waals surface area (Å²) in [5, 5.41) is 3.40. The van der Waals surface area contributed by atoms with Crippen molar-refractivity contribution in [1.29, 1.82) is 0 Å². The van der Waals surface area contributed by atoms with E-state index in [1.54, 1.807) is 19.1 Å². The van der Waals surface area contributed by atoms with Crippen LogP contribution in [0.1, 0.15) is 58.6 Å². The second-order valence-electron chi connectivity index (χ2n) is 8.09. The summed E-state index contributed by atoms with van der Waals surface area (Å²) in [6, 6.07) is 7.38. The maximum absolute atomic E-state index is 13.1. The summed E-state index contributed by atoms with van der Waals surface area (Å²) >= 11 is 1.45. The molecule has 0 bridgehead atoms. The van der Waals surface area contributed by atoms with Gasteiger partial charge in [0.2, 0.25) is 5.91 Å². The molecule has 0 saturated carbocycles. The standard InChI is InChI=1S/C23H27N3O4S/c1-3-30-22(29)16-10-12-26(13-11-16)21(28)17-8-9-18-19(17)24-23(31-18)25-20(27)15-6-4-14(2)5-7-15/h4-7,16-17H,3,8-13H2,1-2H3,(H,24,25,27). The lowest BCUT2D eigenvalue weighted by Crippen LogP contribution is -2.42. The Bertz CT molecular complexity index is 977. The normalized spacial score (nSPS) is 18.5. The fourth-order valence-electron chi connectivity index (χ4n) is 4.21. The molecule has 1 aromatic carbocycles. The van der Waals surface area contributed by atoms with E-state index in [0.717, 1.165) is 29.0 Å². The van der Waals surface area contributed by atoms with Gasteiger partial charge in [0.1, 0.15) is 0 Å². The summed E-state index contributed by atoms with van der Waals surface area (Å²) in [4.78, 5) is 45.1. The molecule has 0 radical (unpaired) electrons. The number of esters is 1. The van der Waals surface area contributed by atoms with Gasteiger partial charge in [0.15, 0.2) is 5.13 Å². The summed E-state index contributed by atoms with van der Waals surface area (Å²) in [5.74, 6) is -0.674. The number of carbonyl (C=O) groups excluding carboxylic acids is 3. The fraction of sp³-hybridized carbons (Fsp3) is 0.478. The van der Waals surface area contributed by atoms with Crippen LogP contribution < -0.4 is 5.32 Å². The summed E-state index contributed by atoms with van der Waals surface area (Å²) in [6.45, 7) is 5.29. The third-order valence-electron chi connectivity index (χ3n) is 5.98. The van der Waals surface area contributed by atoms with Crippen molar-refractivity contribution in [3.8, 4) is 0 Å². The van der Waals surface area contributed by atoms with Gasteiger partial charge in [0.05, 0.1) is 24.1 Å². The second-order valence-corrected chi connectivity index (χ2v) is 9.17. The topological polar surface area (TPSA) is 88.6 Å². The number of nitrogens with one attached hydrogen (secondary N) is 1. The number of carbonyl (C=O) groups is 3. The number of benzene rings is 1. The van der Waals surface area contributed by atoms with Gasteiger partial charge in [-0.3, -0.25) is 19.7 Å². The minimum absolute atomic E-state index is 0.0720. The van der Waals surface area contributed by atoms with E-state index in [2.05, 4.69) is 10.3 Å². The van der Waals surface area contributed by atoms with Crippen LogP contribution in [-0.4, -0.2) is 47.4 Å². The van der Waals surface area contributed by atoms with Crippen LogP contribution >= 0.6 is 11.3 Å². The summed E-state index contributed by atoms with van der Waals surface area (Å²) in [7, 11) is 0. The number of likely N-dealkylation sites (tertiary alicyclic amines) is 1. The molecule has 1 unspecified atom stereocenters. The smallest absolute Gasteiger partial charge is 0.309 e. The molecule has 1 atom stereocenters. The fourth-order valence-corrected chi connectivity index (χ4v) is 5.24. The Hall–Kier alpha value is -2.74. The molecule has 31 heavy (non-hydrogen) atoms. The first kappa shape index (κ1) is 21.5. The minimum atomic E-state index is -0.268. The first-order valence-electron chi connectivity index (χ1n) is 10.8. The molecule has 1 fully saturated rings. The van der Waals surface area contributed by atoms with Crippen LogP contribution in [0.15, 0.2) is 24.3 Å². The molecule has 2 heterocycles. The Labute approximate surface area is 185 Å². The van der Waals surface area contributed by atoms with Gasteiger partial charge in [0, 0.05) is 23.5 Å². The number of piperidine rings is 1. The maximum atomic E-state index is 13.1. The number of fused-ring (bicyclic) bond motifs is 1. The first-order valence-corrected chi connectivity index (χ1v) is 11.6. The number of anilines is 1. The van der Waals surface area contributed by atoms with Crippen LogP contribution in [0.2, 0.25) is 0 Å². The van der Waals surface area contributed by atoms with Crippen LogP contribution in [0.5, 0.6) is 0 Å². The molecule has 164 valence electrons. The van der Waals surface area contributed by atoms with Crippen molar-refractivity contribution in [3.05, 3.63) is 46.0 Å². The van der Waals surface area contributed by atoms with Gasteiger partial charge < -0.3 is 9.64 Å². The number of hydrogen-bond donors (Lipinski definition) is 1. The van der Waals surface area contributed by atoms with Crippen LogP contribution in [0.4, 0.5) is 5.13 Å². The molecule has 7 nitrogen and oxygen atoms in total. The average Bonchev–Trinajstić information content (AvgIpc) is 3.34. The largest absolute Gasteiger partial charge is 0.466 e. The number of amides is 2. The van der Waals surface area contributed by atoms with Gasteiger partial charge in [-0.15, -0.1) is 11.3 Å². The lowest BCUT2D eigenvalue weighted by molar-refractivity contribution is -0.151. The van der Waals surface area contributed by atoms with Crippen LogP contribution in [-0.2, 0) is 20.7 Å². The Balaban J connectivity index is 1.38. The van der Waals surface area contributed by atoms with Gasteiger partial charge in [-0.1, -0.05) is 17.7 Å². The number of nitrogens with zero attached hydrogens (tertiary/aromatic N) is 2. The molecule has 1 saturated heterocycles. The van der Waals surface area contributed by atoms with Gasteiger partial charge in [-0.2, -0.15) is 0 Å². The molecule has 2 aliphatic rings. The number of ether oxygens (including phenoxy) is 1. The zero-order chi connectivity index (χ0) is 22.0. The first-order chi connectivity index (χ1) is 15.0. The van der Waals surface area contributed by atoms with Crippen molar-refractivity contribution in [2.24, 2.45) is 5.92 Å². The molecule has 8 heteroatoms. The highest BCUT2D eigenvalue weighted by Crippen LogP contribution is 2.40. The van der Waals surface area contributed by atoms with Gasteiger partial charge in [-0.25, -0.2) is 4.98 Å². The van der Waals surface area contributed by atoms with Crippen molar-refractivity contribution in [2.75, 3.05) is 25.0 Å². The lowest BCUT2D eigenvalue weighted by atomic mass is 9.95. The summed E-state index contributed by atoms with van der Waals surface area (Å²) < 4.78 is 5.11. The Morgan fingerprint density at radius 2 is 1.87 bits per heavy atom. The van der Waals surface area contributed by atoms with E-state index in [4.69, 9.17) is 4.74 Å². The molecular formula is C23H27N3O4S. The molecule has 4 rings (SSSR count). The van der Waals surface area contributed by atoms with E-state index in [1.165, 1.54) is 11.3 Å². The number of aromatic nitrogens is 1. The third kappa shape index (κ3) is 4.63. The molecule has 1 N–H and O–H groups in total. The van der Waals surface area contributed by atoms with E-state index in [1.807, 2.05) is 24.0 Å². The molecule has 1 aromatic heterocycles. The number of hydrogen-bond acceptors (Lipinski definition) is 6. The molecule has 1 aliphatic carbocycles. The van der Waals surface area contributed by atoms with Crippen LogP contribution in [0, 0.1) is 12.8 Å². The predicted octanol–water partition coefficient (Wildman–Crippen LogP) is 3.54. The van der Waals surface area contributed by atoms with E-state index < -0.39 is 0 Å². The van der Waals surface area contributed by atoms with Crippen molar-refractivity contribution < 1.29 is 19.1 Å². The van der Waals surface area contributed by atoms with Crippen molar-refractivity contribution in [2.45, 2.75) is 45.4 Å². The molecule has 0 spiro atoms. The highest BCUT2D eigenvalue weighted by molar-refractivity contribution is 7.16. The number of thiazole rings is 1. The Morgan fingerprint density at radius 3 is 2.55 bits per heavy atom. The van der Waals surface area contributed by atoms with Crippen molar-refractivity contribution >= 4 is 34.3 Å². The molecule has 1 aliphatic heterocycles. The predicted molar refractivity (Wildman–Crippen MR) is 118 cm³/mol. The van der Waals surface area contributed by atoms with Gasteiger partial charge in [-0.05, 0) is 51.7 Å². The van der Waals surface area contributed by atoms with E-state index >= 15 is 0 Å². The highest BCUT2D eigenvalue weighted by atomic mass is 32.1. The number of rotatable bonds is 5. The monoisotopic (exact) mass is 441 g/mol. The Kier molecular flexibility index (Phi) is 6.36. The zero-order valence-corrected chi connectivity index (χ0v) is 18.7. The maximum Gasteiger partial charge on any atom is 0.309 e. The highest BCUT2D eigenvalue weighted by Gasteiger charge is 2.37. The van der Waals surface area contributed by atoms with E-state index in [0.29, 0.717) is 43.2 Å². The number of aryl methyl sites for hydroxylation is 2. The van der Waals surface area contributed by atoms with Gasteiger partial charge >= 0.3 is 5.97 Å².